The van der Waals surface area contributed by atoms with Crippen LogP contribution >= 0.6 is 0 Å². The first-order valence-electron chi connectivity index (χ1n) is 8.27. The molecule has 2 aliphatic rings. The summed E-state index contributed by atoms with van der Waals surface area (Å²) in [5.74, 6) is 2.77. The number of piperidine rings is 1. The second kappa shape index (κ2) is 6.05. The van der Waals surface area contributed by atoms with E-state index in [4.69, 9.17) is 14.2 Å². The van der Waals surface area contributed by atoms with Crippen molar-refractivity contribution in [3.05, 3.63) is 11.7 Å². The van der Waals surface area contributed by atoms with Gasteiger partial charge in [0.15, 0.2) is 0 Å². The van der Waals surface area contributed by atoms with Gasteiger partial charge >= 0.3 is 0 Å². The first-order valence-corrected chi connectivity index (χ1v) is 8.27. The number of rotatable bonds is 3. The molecule has 5 nitrogen and oxygen atoms in total. The Kier molecular flexibility index (Phi) is 4.31. The van der Waals surface area contributed by atoms with Crippen molar-refractivity contribution < 1.29 is 9.26 Å². The first-order chi connectivity index (χ1) is 10.1. The summed E-state index contributed by atoms with van der Waals surface area (Å²) >= 11 is 0. The summed E-state index contributed by atoms with van der Waals surface area (Å²) in [7, 11) is 1.77. The van der Waals surface area contributed by atoms with Crippen molar-refractivity contribution in [1.82, 2.24) is 15.5 Å². The average Bonchev–Trinajstić information content (AvgIpc) is 2.99. The highest BCUT2D eigenvalue weighted by Gasteiger charge is 2.41. The van der Waals surface area contributed by atoms with Crippen LogP contribution in [0.15, 0.2) is 4.52 Å². The van der Waals surface area contributed by atoms with Crippen molar-refractivity contribution in [3.63, 3.8) is 0 Å². The van der Waals surface area contributed by atoms with Crippen LogP contribution < -0.4 is 5.32 Å². The topological polar surface area (TPSA) is 60.2 Å². The lowest BCUT2D eigenvalue weighted by Crippen LogP contribution is -2.35. The summed E-state index contributed by atoms with van der Waals surface area (Å²) in [5.41, 5.74) is -0.341. The van der Waals surface area contributed by atoms with E-state index in [1.165, 1.54) is 12.8 Å². The Morgan fingerprint density at radius 1 is 1.24 bits per heavy atom. The highest BCUT2D eigenvalue weighted by molar-refractivity contribution is 5.06. The van der Waals surface area contributed by atoms with Crippen LogP contribution in [0.3, 0.4) is 0 Å². The van der Waals surface area contributed by atoms with Gasteiger partial charge in [0.25, 0.3) is 0 Å². The third-order valence-corrected chi connectivity index (χ3v) is 5.36. The maximum atomic E-state index is 5.84. The van der Waals surface area contributed by atoms with Crippen molar-refractivity contribution in [2.24, 2.45) is 11.8 Å². The Hall–Kier alpha value is -0.940. The lowest BCUT2D eigenvalue weighted by Gasteiger charge is -2.35. The first kappa shape index (κ1) is 15.0. The van der Waals surface area contributed by atoms with Crippen LogP contribution in [0.5, 0.6) is 0 Å². The number of hydrogen-bond donors (Lipinski definition) is 1. The predicted molar refractivity (Wildman–Crippen MR) is 79.8 cm³/mol. The van der Waals surface area contributed by atoms with E-state index in [1.807, 2.05) is 0 Å². The summed E-state index contributed by atoms with van der Waals surface area (Å²) in [6, 6.07) is 0.191. The van der Waals surface area contributed by atoms with Crippen LogP contribution in [0.1, 0.15) is 70.1 Å². The zero-order valence-electron chi connectivity index (χ0n) is 13.4. The summed E-state index contributed by atoms with van der Waals surface area (Å²) in [5, 5.41) is 7.77. The van der Waals surface area contributed by atoms with Crippen LogP contribution in [-0.4, -0.2) is 23.8 Å². The lowest BCUT2D eigenvalue weighted by atomic mass is 9.79. The highest BCUT2D eigenvalue weighted by atomic mass is 16.5. The van der Waals surface area contributed by atoms with Gasteiger partial charge in [-0.25, -0.2) is 0 Å². The molecule has 0 aromatic carbocycles. The molecule has 2 heterocycles. The molecule has 0 radical (unpaired) electrons. The van der Waals surface area contributed by atoms with Crippen LogP contribution in [0.4, 0.5) is 0 Å². The molecule has 2 unspecified atom stereocenters. The molecule has 21 heavy (non-hydrogen) atoms. The van der Waals surface area contributed by atoms with Crippen molar-refractivity contribution in [2.45, 2.75) is 64.0 Å². The van der Waals surface area contributed by atoms with E-state index in [0.717, 1.165) is 49.9 Å². The molecule has 1 saturated heterocycles. The molecule has 3 rings (SSSR count). The number of nitrogens with one attached hydrogen (secondary N) is 1. The van der Waals surface area contributed by atoms with Gasteiger partial charge in [-0.05, 0) is 56.9 Å². The quantitative estimate of drug-likeness (QED) is 0.927. The average molecular weight is 293 g/mol. The minimum atomic E-state index is -0.341. The minimum absolute atomic E-state index is 0.191. The Labute approximate surface area is 126 Å². The van der Waals surface area contributed by atoms with E-state index in [2.05, 4.69) is 24.3 Å². The summed E-state index contributed by atoms with van der Waals surface area (Å²) in [6.45, 7) is 5.57. The van der Waals surface area contributed by atoms with E-state index in [-0.39, 0.29) is 11.6 Å². The zero-order valence-corrected chi connectivity index (χ0v) is 13.4. The molecule has 1 saturated carbocycles. The molecular weight excluding hydrogens is 266 g/mol. The van der Waals surface area contributed by atoms with Crippen molar-refractivity contribution in [3.8, 4) is 0 Å². The Balaban J connectivity index is 1.80. The summed E-state index contributed by atoms with van der Waals surface area (Å²) < 4.78 is 11.4. The molecule has 1 N–H and O–H groups in total. The third-order valence-electron chi connectivity index (χ3n) is 5.36. The fourth-order valence-electron chi connectivity index (χ4n) is 3.67. The van der Waals surface area contributed by atoms with Crippen LogP contribution in [0.25, 0.3) is 0 Å². The normalized spacial score (nSPS) is 37.6. The molecule has 1 aromatic rings. The van der Waals surface area contributed by atoms with Gasteiger partial charge in [-0.2, -0.15) is 4.98 Å². The molecule has 1 aliphatic heterocycles. The maximum absolute atomic E-state index is 5.84. The maximum Gasteiger partial charge on any atom is 0.244 e. The molecular formula is C16H27N3O2. The molecule has 0 bridgehead atoms. The van der Waals surface area contributed by atoms with E-state index in [1.54, 1.807) is 7.11 Å². The van der Waals surface area contributed by atoms with Gasteiger partial charge < -0.3 is 14.6 Å². The summed E-state index contributed by atoms with van der Waals surface area (Å²) in [6.07, 6.45) is 6.72. The number of methoxy groups -OCH3 is 1. The van der Waals surface area contributed by atoms with Gasteiger partial charge in [0.05, 0.1) is 6.04 Å². The number of ether oxygens (including phenoxy) is 1. The molecule has 2 fully saturated rings. The summed E-state index contributed by atoms with van der Waals surface area (Å²) in [4.78, 5) is 4.71. The molecule has 1 aliphatic carbocycles. The lowest BCUT2D eigenvalue weighted by molar-refractivity contribution is -0.0609. The van der Waals surface area contributed by atoms with Gasteiger partial charge in [-0.1, -0.05) is 19.0 Å². The predicted octanol–water partition coefficient (Wildman–Crippen LogP) is 3.18. The van der Waals surface area contributed by atoms with Gasteiger partial charge in [0.1, 0.15) is 5.60 Å². The largest absolute Gasteiger partial charge is 0.370 e. The molecule has 0 amide bonds. The molecule has 2 atom stereocenters. The van der Waals surface area contributed by atoms with Crippen molar-refractivity contribution in [1.29, 1.82) is 0 Å². The zero-order chi connectivity index (χ0) is 14.9. The van der Waals surface area contributed by atoms with Crippen LogP contribution in [0, 0.1) is 11.8 Å². The smallest absolute Gasteiger partial charge is 0.244 e. The van der Waals surface area contributed by atoms with Gasteiger partial charge in [0.2, 0.25) is 11.7 Å². The number of hydrogen-bond acceptors (Lipinski definition) is 5. The van der Waals surface area contributed by atoms with Crippen LogP contribution in [-0.2, 0) is 10.3 Å². The highest BCUT2D eigenvalue weighted by Crippen LogP contribution is 2.41. The second-order valence-electron chi connectivity index (χ2n) is 6.89. The fourth-order valence-corrected chi connectivity index (χ4v) is 3.67. The van der Waals surface area contributed by atoms with Gasteiger partial charge in [-0.15, -0.1) is 0 Å². The Morgan fingerprint density at radius 3 is 2.67 bits per heavy atom. The fraction of sp³-hybridized carbons (Fsp3) is 0.875. The second-order valence-corrected chi connectivity index (χ2v) is 6.89. The molecule has 5 heteroatoms. The van der Waals surface area contributed by atoms with Crippen molar-refractivity contribution in [2.75, 3.05) is 13.7 Å². The monoisotopic (exact) mass is 293 g/mol. The standard InChI is InChI=1S/C16H27N3O2/c1-11-6-8-16(20-3,9-7-11)15-18-14(21-19-15)13-12(2)5-4-10-17-13/h11-13,17H,4-10H2,1-3H3. The minimum Gasteiger partial charge on any atom is -0.370 e. The van der Waals surface area contributed by atoms with Crippen molar-refractivity contribution >= 4 is 0 Å². The van der Waals surface area contributed by atoms with E-state index < -0.39 is 0 Å². The van der Waals surface area contributed by atoms with Crippen LogP contribution in [0.2, 0.25) is 0 Å². The van der Waals surface area contributed by atoms with E-state index in [9.17, 15) is 0 Å². The van der Waals surface area contributed by atoms with E-state index >= 15 is 0 Å². The molecule has 118 valence electrons. The van der Waals surface area contributed by atoms with Gasteiger partial charge in [0, 0.05) is 7.11 Å². The SMILES string of the molecule is COC1(c2noc(C3NCCCC3C)n2)CCC(C)CC1. The van der Waals surface area contributed by atoms with E-state index in [0.29, 0.717) is 5.92 Å². The van der Waals surface area contributed by atoms with Gasteiger partial charge in [-0.3, -0.25) is 0 Å². The number of aromatic nitrogens is 2. The Morgan fingerprint density at radius 2 is 2.00 bits per heavy atom. The molecule has 0 spiro atoms. The Bertz CT molecular complexity index is 466. The number of nitrogens with zero attached hydrogens (tertiary/aromatic N) is 2. The molecule has 1 aromatic heterocycles. The third kappa shape index (κ3) is 2.86.